The molecule has 1 aromatic carbocycles. The molecular weight excluding hydrogens is 260 g/mol. The van der Waals surface area contributed by atoms with Crippen LogP contribution in [0, 0.1) is 11.3 Å². The summed E-state index contributed by atoms with van der Waals surface area (Å²) in [5.74, 6) is -0.123. The van der Waals surface area contributed by atoms with Gasteiger partial charge in [0.1, 0.15) is 6.54 Å². The van der Waals surface area contributed by atoms with Crippen LogP contribution in [-0.4, -0.2) is 30.9 Å². The number of hydrogen-bond donors (Lipinski definition) is 0. The van der Waals surface area contributed by atoms with Gasteiger partial charge >= 0.3 is 0 Å². The summed E-state index contributed by atoms with van der Waals surface area (Å²) in [4.78, 5) is 0. The SMILES string of the molecule is N#CCN(Cc1ccccc1)S(=O)(=O)CCCl. The Bertz CT molecular complexity index is 482. The highest BCUT2D eigenvalue weighted by atomic mass is 35.5. The molecule has 0 saturated carbocycles. The predicted octanol–water partition coefficient (Wildman–Crippen LogP) is 1.58. The largest absolute Gasteiger partial charge is 0.216 e. The van der Waals surface area contributed by atoms with Crippen LogP contribution in [-0.2, 0) is 16.6 Å². The number of alkyl halides is 1. The van der Waals surface area contributed by atoms with Crippen LogP contribution in [0.5, 0.6) is 0 Å². The molecule has 1 aromatic rings. The predicted molar refractivity (Wildman–Crippen MR) is 67.0 cm³/mol. The minimum absolute atomic E-state index is 0.0268. The van der Waals surface area contributed by atoms with Gasteiger partial charge in [-0.15, -0.1) is 11.6 Å². The summed E-state index contributed by atoms with van der Waals surface area (Å²) in [6.07, 6.45) is 0. The van der Waals surface area contributed by atoms with Gasteiger partial charge in [0.25, 0.3) is 0 Å². The Balaban J connectivity index is 2.85. The number of rotatable bonds is 6. The van der Waals surface area contributed by atoms with Gasteiger partial charge in [-0.25, -0.2) is 8.42 Å². The summed E-state index contributed by atoms with van der Waals surface area (Å²) in [6, 6.07) is 11.0. The van der Waals surface area contributed by atoms with Crippen molar-refractivity contribution in [3.8, 4) is 6.07 Å². The summed E-state index contributed by atoms with van der Waals surface area (Å²) in [7, 11) is -3.45. The van der Waals surface area contributed by atoms with Crippen LogP contribution in [0.3, 0.4) is 0 Å². The minimum atomic E-state index is -3.45. The van der Waals surface area contributed by atoms with E-state index in [9.17, 15) is 8.42 Å². The molecule has 1 rings (SSSR count). The molecule has 0 amide bonds. The summed E-state index contributed by atoms with van der Waals surface area (Å²) in [6.45, 7) is 0.0434. The van der Waals surface area contributed by atoms with Crippen molar-refractivity contribution < 1.29 is 8.42 Å². The summed E-state index contributed by atoms with van der Waals surface area (Å²) in [5.41, 5.74) is 0.848. The Hall–Kier alpha value is -1.09. The van der Waals surface area contributed by atoms with E-state index in [1.165, 1.54) is 0 Å². The first kappa shape index (κ1) is 14.0. The highest BCUT2D eigenvalue weighted by molar-refractivity contribution is 7.89. The lowest BCUT2D eigenvalue weighted by Crippen LogP contribution is -2.33. The second-order valence-electron chi connectivity index (χ2n) is 3.42. The lowest BCUT2D eigenvalue weighted by Gasteiger charge is -2.18. The molecule has 0 spiro atoms. The summed E-state index contributed by atoms with van der Waals surface area (Å²) in [5, 5.41) is 8.66. The Morgan fingerprint density at radius 2 is 1.94 bits per heavy atom. The average molecular weight is 273 g/mol. The summed E-state index contributed by atoms with van der Waals surface area (Å²) < 4.78 is 24.8. The normalized spacial score (nSPS) is 11.4. The first-order valence-electron chi connectivity index (χ1n) is 5.05. The first-order valence-corrected chi connectivity index (χ1v) is 7.19. The van der Waals surface area contributed by atoms with Gasteiger partial charge in [0.05, 0.1) is 11.8 Å². The molecule has 0 aliphatic heterocycles. The highest BCUT2D eigenvalue weighted by Crippen LogP contribution is 2.09. The topological polar surface area (TPSA) is 61.2 Å². The fourth-order valence-corrected chi connectivity index (χ4v) is 2.98. The lowest BCUT2D eigenvalue weighted by atomic mass is 10.2. The molecule has 92 valence electrons. The zero-order valence-corrected chi connectivity index (χ0v) is 10.8. The van der Waals surface area contributed by atoms with Gasteiger partial charge in [-0.3, -0.25) is 0 Å². The molecule has 0 aromatic heterocycles. The molecule has 0 aliphatic rings. The van der Waals surface area contributed by atoms with Crippen molar-refractivity contribution in [3.63, 3.8) is 0 Å². The second-order valence-corrected chi connectivity index (χ2v) is 5.88. The Kier molecular flexibility index (Phi) is 5.42. The lowest BCUT2D eigenvalue weighted by molar-refractivity contribution is 0.442. The van der Waals surface area contributed by atoms with Gasteiger partial charge in [0.15, 0.2) is 0 Å². The second kappa shape index (κ2) is 6.60. The van der Waals surface area contributed by atoms with Crippen LogP contribution in [0.2, 0.25) is 0 Å². The van der Waals surface area contributed by atoms with E-state index in [1.807, 2.05) is 36.4 Å². The molecule has 0 aliphatic carbocycles. The van der Waals surface area contributed by atoms with E-state index in [1.54, 1.807) is 0 Å². The van der Waals surface area contributed by atoms with Gasteiger partial charge in [-0.05, 0) is 5.56 Å². The first-order chi connectivity index (χ1) is 8.10. The molecule has 0 N–H and O–H groups in total. The van der Waals surface area contributed by atoms with Crippen LogP contribution in [0.15, 0.2) is 30.3 Å². The third-order valence-corrected chi connectivity index (χ3v) is 4.36. The maximum absolute atomic E-state index is 11.8. The van der Waals surface area contributed by atoms with E-state index < -0.39 is 10.0 Å². The molecule has 0 fully saturated rings. The van der Waals surface area contributed by atoms with E-state index in [0.29, 0.717) is 0 Å². The van der Waals surface area contributed by atoms with Crippen molar-refractivity contribution in [2.75, 3.05) is 18.2 Å². The maximum atomic E-state index is 11.8. The number of benzene rings is 1. The minimum Gasteiger partial charge on any atom is -0.212 e. The van der Waals surface area contributed by atoms with Crippen LogP contribution < -0.4 is 0 Å². The molecule has 0 atom stereocenters. The monoisotopic (exact) mass is 272 g/mol. The van der Waals surface area contributed by atoms with Gasteiger partial charge in [-0.1, -0.05) is 30.3 Å². The molecule has 0 radical (unpaired) electrons. The van der Waals surface area contributed by atoms with Crippen LogP contribution >= 0.6 is 11.6 Å². The number of halogens is 1. The zero-order chi connectivity index (χ0) is 12.7. The molecule has 17 heavy (non-hydrogen) atoms. The van der Waals surface area contributed by atoms with Crippen LogP contribution in [0.1, 0.15) is 5.56 Å². The number of hydrogen-bond acceptors (Lipinski definition) is 3. The van der Waals surface area contributed by atoms with Crippen LogP contribution in [0.25, 0.3) is 0 Å². The quantitative estimate of drug-likeness (QED) is 0.583. The van der Waals surface area contributed by atoms with Gasteiger partial charge in [0, 0.05) is 12.4 Å². The van der Waals surface area contributed by atoms with E-state index in [2.05, 4.69) is 0 Å². The van der Waals surface area contributed by atoms with Gasteiger partial charge < -0.3 is 0 Å². The standard InChI is InChI=1S/C11H13ClN2O2S/c12-6-9-17(15,16)14(8-7-13)10-11-4-2-1-3-5-11/h1-5H,6,8-10H2. The Labute approximate surface area is 106 Å². The number of sulfonamides is 1. The molecule has 0 bridgehead atoms. The molecule has 0 unspecified atom stereocenters. The smallest absolute Gasteiger partial charge is 0.212 e. The van der Waals surface area contributed by atoms with Crippen molar-refractivity contribution in [2.24, 2.45) is 0 Å². The Morgan fingerprint density at radius 1 is 1.29 bits per heavy atom. The van der Waals surface area contributed by atoms with Gasteiger partial charge in [-0.2, -0.15) is 9.57 Å². The van der Waals surface area contributed by atoms with Crippen molar-refractivity contribution in [1.82, 2.24) is 4.31 Å². The molecule has 0 heterocycles. The van der Waals surface area contributed by atoms with Crippen molar-refractivity contribution >= 4 is 21.6 Å². The average Bonchev–Trinajstić information content (AvgIpc) is 2.30. The molecule has 6 heteroatoms. The Morgan fingerprint density at radius 3 is 2.47 bits per heavy atom. The van der Waals surface area contributed by atoms with E-state index in [0.717, 1.165) is 9.87 Å². The van der Waals surface area contributed by atoms with Crippen molar-refractivity contribution in [2.45, 2.75) is 6.54 Å². The van der Waals surface area contributed by atoms with E-state index >= 15 is 0 Å². The third kappa shape index (κ3) is 4.35. The van der Waals surface area contributed by atoms with Crippen molar-refractivity contribution in [3.05, 3.63) is 35.9 Å². The van der Waals surface area contributed by atoms with E-state index in [4.69, 9.17) is 16.9 Å². The molecular formula is C11H13ClN2O2S. The maximum Gasteiger partial charge on any atom is 0.216 e. The fourth-order valence-electron chi connectivity index (χ4n) is 1.35. The van der Waals surface area contributed by atoms with E-state index in [-0.39, 0.29) is 24.7 Å². The number of nitriles is 1. The number of nitrogens with zero attached hydrogens (tertiary/aromatic N) is 2. The zero-order valence-electron chi connectivity index (χ0n) is 9.21. The summed E-state index contributed by atoms with van der Waals surface area (Å²) >= 11 is 5.44. The van der Waals surface area contributed by atoms with Crippen LogP contribution in [0.4, 0.5) is 0 Å². The third-order valence-electron chi connectivity index (χ3n) is 2.18. The highest BCUT2D eigenvalue weighted by Gasteiger charge is 2.21. The van der Waals surface area contributed by atoms with Gasteiger partial charge in [0.2, 0.25) is 10.0 Å². The molecule has 0 saturated heterocycles. The molecule has 4 nitrogen and oxygen atoms in total. The van der Waals surface area contributed by atoms with Crippen molar-refractivity contribution in [1.29, 1.82) is 5.26 Å². The fraction of sp³-hybridized carbons (Fsp3) is 0.364.